The predicted molar refractivity (Wildman–Crippen MR) is 183 cm³/mol. The molecular weight excluding hydrogens is 668 g/mol. The number of hydrogen-bond donors (Lipinski definition) is 0. The maximum atomic E-state index is 13.6. The number of hydrogen-bond acceptors (Lipinski definition) is 13. The molecule has 0 unspecified atom stereocenters. The van der Waals surface area contributed by atoms with Gasteiger partial charge in [0.15, 0.2) is 17.3 Å². The smallest absolute Gasteiger partial charge is 0.345 e. The number of ketones is 1. The third kappa shape index (κ3) is 8.67. The summed E-state index contributed by atoms with van der Waals surface area (Å²) >= 11 is 0. The first-order valence-electron chi connectivity index (χ1n) is 15.3. The molecule has 254 valence electrons. The van der Waals surface area contributed by atoms with Crippen molar-refractivity contribution in [2.75, 3.05) is 0 Å². The van der Waals surface area contributed by atoms with Gasteiger partial charge in [-0.05, 0) is 84.4 Å². The highest BCUT2D eigenvalue weighted by molar-refractivity contribution is 6.09. The molecule has 6 aromatic rings. The molecule has 6 rings (SSSR count). The summed E-state index contributed by atoms with van der Waals surface area (Å²) < 4.78 is 22.1. The van der Waals surface area contributed by atoms with Gasteiger partial charge in [-0.3, -0.25) is 24.7 Å². The zero-order valence-corrected chi connectivity index (χ0v) is 26.8. The lowest BCUT2D eigenvalue weighted by atomic mass is 10.1. The van der Waals surface area contributed by atoms with Gasteiger partial charge in [-0.1, -0.05) is 12.1 Å². The van der Waals surface area contributed by atoms with Crippen LogP contribution in [0.1, 0.15) is 57.4 Å². The first kappa shape index (κ1) is 34.2. The molecule has 0 aliphatic rings. The summed E-state index contributed by atoms with van der Waals surface area (Å²) in [5.41, 5.74) is 0.944. The molecule has 2 aromatic carbocycles. The molecule has 0 aliphatic heterocycles. The molecule has 0 radical (unpaired) electrons. The Bertz CT molecular complexity index is 2280. The Morgan fingerprint density at radius 3 is 1.40 bits per heavy atom. The van der Waals surface area contributed by atoms with Gasteiger partial charge in [0.2, 0.25) is 0 Å². The molecule has 0 atom stereocenters. The summed E-state index contributed by atoms with van der Waals surface area (Å²) in [4.78, 5) is 80.5. The highest BCUT2D eigenvalue weighted by Gasteiger charge is 2.20. The number of ether oxygens (including phenoxy) is 4. The van der Waals surface area contributed by atoms with Crippen LogP contribution in [0.25, 0.3) is 6.08 Å². The Morgan fingerprint density at radius 2 is 0.923 bits per heavy atom. The Morgan fingerprint density at radius 1 is 0.462 bits per heavy atom. The van der Waals surface area contributed by atoms with Gasteiger partial charge in [-0.15, -0.1) is 0 Å². The summed E-state index contributed by atoms with van der Waals surface area (Å²) in [7, 11) is 0. The highest BCUT2D eigenvalue weighted by atomic mass is 16.6. The SMILES string of the molecule is O=C(Oc1ccc(C(=O)/C=C/c2ccc(OC(=O)c3cccnc3)c(OC(=O)c3cccnc3)c2)c(OC(=O)c2cccnc2)c1)c1cccnc1. The van der Waals surface area contributed by atoms with Crippen LogP contribution < -0.4 is 18.9 Å². The molecule has 0 saturated carbocycles. The standard InChI is InChI=1S/C39H24N4O9/c44-32(31-12-11-30(49-36(45)26-5-1-15-40-21-26)20-34(31)51-38(47)28-7-3-17-42-23-28)13-9-25-10-14-33(50-37(46)27-6-2-16-41-22-27)35(19-25)52-39(48)29-8-4-18-43-24-29/h1-24H/b13-9+. The lowest BCUT2D eigenvalue weighted by Crippen LogP contribution is -2.13. The van der Waals surface area contributed by atoms with Crippen molar-refractivity contribution in [1.82, 2.24) is 19.9 Å². The molecule has 13 heteroatoms. The van der Waals surface area contributed by atoms with Crippen molar-refractivity contribution in [2.45, 2.75) is 0 Å². The van der Waals surface area contributed by atoms with Crippen molar-refractivity contribution in [1.29, 1.82) is 0 Å². The van der Waals surface area contributed by atoms with Crippen LogP contribution in [0.3, 0.4) is 0 Å². The minimum absolute atomic E-state index is 0.000127. The molecule has 13 nitrogen and oxygen atoms in total. The van der Waals surface area contributed by atoms with Crippen LogP contribution in [0.15, 0.2) is 141 Å². The largest absolute Gasteiger partial charge is 0.423 e. The number of benzene rings is 2. The molecule has 52 heavy (non-hydrogen) atoms. The highest BCUT2D eigenvalue weighted by Crippen LogP contribution is 2.32. The number of carbonyl (C=O) groups excluding carboxylic acids is 5. The molecular formula is C39H24N4O9. The topological polar surface area (TPSA) is 174 Å². The normalized spacial score (nSPS) is 10.6. The van der Waals surface area contributed by atoms with Crippen molar-refractivity contribution < 1.29 is 42.9 Å². The van der Waals surface area contributed by atoms with Gasteiger partial charge in [0.05, 0.1) is 27.8 Å². The van der Waals surface area contributed by atoms with E-state index >= 15 is 0 Å². The molecule has 4 heterocycles. The van der Waals surface area contributed by atoms with Crippen molar-refractivity contribution >= 4 is 35.7 Å². The first-order chi connectivity index (χ1) is 25.3. The van der Waals surface area contributed by atoms with Crippen LogP contribution in [-0.2, 0) is 0 Å². The van der Waals surface area contributed by atoms with Crippen molar-refractivity contribution in [2.24, 2.45) is 0 Å². The zero-order valence-electron chi connectivity index (χ0n) is 26.8. The number of aromatic nitrogens is 4. The van der Waals surface area contributed by atoms with E-state index in [4.69, 9.17) is 18.9 Å². The van der Waals surface area contributed by atoms with Crippen LogP contribution in [0.4, 0.5) is 0 Å². The van der Waals surface area contributed by atoms with Crippen LogP contribution in [0.5, 0.6) is 23.0 Å². The summed E-state index contributed by atoms with van der Waals surface area (Å²) in [6.45, 7) is 0. The first-order valence-corrected chi connectivity index (χ1v) is 15.3. The summed E-state index contributed by atoms with van der Waals surface area (Å²) in [5.74, 6) is -4.02. The van der Waals surface area contributed by atoms with E-state index in [1.54, 1.807) is 24.3 Å². The van der Waals surface area contributed by atoms with Crippen LogP contribution in [0, 0.1) is 0 Å². The number of allylic oxidation sites excluding steroid dienone is 1. The predicted octanol–water partition coefficient (Wildman–Crippen LogP) is 6.04. The van der Waals surface area contributed by atoms with Gasteiger partial charge < -0.3 is 18.9 Å². The van der Waals surface area contributed by atoms with Crippen molar-refractivity contribution in [3.63, 3.8) is 0 Å². The number of pyridine rings is 4. The molecule has 0 spiro atoms. The Hall–Kier alpha value is -7.67. The van der Waals surface area contributed by atoms with Gasteiger partial charge in [0.25, 0.3) is 0 Å². The number of esters is 4. The van der Waals surface area contributed by atoms with Gasteiger partial charge in [0.1, 0.15) is 11.5 Å². The Kier molecular flexibility index (Phi) is 10.6. The third-order valence-electron chi connectivity index (χ3n) is 7.02. The van der Waals surface area contributed by atoms with Gasteiger partial charge in [-0.2, -0.15) is 0 Å². The fourth-order valence-corrected chi connectivity index (χ4v) is 4.48. The fraction of sp³-hybridized carbons (Fsp3) is 0. The lowest BCUT2D eigenvalue weighted by molar-refractivity contribution is 0.0682. The second kappa shape index (κ2) is 16.2. The number of rotatable bonds is 11. The van der Waals surface area contributed by atoms with Gasteiger partial charge in [0, 0.05) is 55.6 Å². The second-order valence-corrected chi connectivity index (χ2v) is 10.6. The molecule has 0 aliphatic carbocycles. The molecule has 0 saturated heterocycles. The van der Waals surface area contributed by atoms with Crippen molar-refractivity contribution in [3.05, 3.63) is 174 Å². The van der Waals surface area contributed by atoms with E-state index in [2.05, 4.69) is 19.9 Å². The average molecular weight is 693 g/mol. The quantitative estimate of drug-likeness (QED) is 0.0666. The zero-order chi connectivity index (χ0) is 36.3. The van der Waals surface area contributed by atoms with Crippen molar-refractivity contribution in [3.8, 4) is 23.0 Å². The molecule has 0 amide bonds. The fourth-order valence-electron chi connectivity index (χ4n) is 4.48. The summed E-state index contributed by atoms with van der Waals surface area (Å²) in [6, 6.07) is 20.5. The van der Waals surface area contributed by atoms with E-state index in [0.29, 0.717) is 5.56 Å². The number of nitrogens with zero attached hydrogens (tertiary/aromatic N) is 4. The van der Waals surface area contributed by atoms with Crippen LogP contribution in [0.2, 0.25) is 0 Å². The van der Waals surface area contributed by atoms with E-state index in [1.165, 1.54) is 122 Å². The molecule has 0 fully saturated rings. The minimum Gasteiger partial charge on any atom is -0.423 e. The van der Waals surface area contributed by atoms with Gasteiger partial charge >= 0.3 is 23.9 Å². The second-order valence-electron chi connectivity index (χ2n) is 10.6. The molecule has 4 aromatic heterocycles. The Labute approximate surface area is 295 Å². The van der Waals surface area contributed by atoms with E-state index in [-0.39, 0.29) is 50.8 Å². The van der Waals surface area contributed by atoms with E-state index in [9.17, 15) is 24.0 Å². The monoisotopic (exact) mass is 692 g/mol. The molecule has 0 N–H and O–H groups in total. The van der Waals surface area contributed by atoms with E-state index in [1.807, 2.05) is 0 Å². The average Bonchev–Trinajstić information content (AvgIpc) is 3.19. The summed E-state index contributed by atoms with van der Waals surface area (Å²) in [5, 5.41) is 0. The lowest BCUT2D eigenvalue weighted by Gasteiger charge is -2.12. The maximum absolute atomic E-state index is 13.6. The maximum Gasteiger partial charge on any atom is 0.345 e. The summed E-state index contributed by atoms with van der Waals surface area (Å²) in [6.07, 6.45) is 13.9. The third-order valence-corrected chi connectivity index (χ3v) is 7.02. The van der Waals surface area contributed by atoms with Gasteiger partial charge in [-0.25, -0.2) is 19.2 Å². The number of carbonyl (C=O) groups is 5. The van der Waals surface area contributed by atoms with Crippen LogP contribution in [-0.4, -0.2) is 49.6 Å². The van der Waals surface area contributed by atoms with E-state index in [0.717, 1.165) is 0 Å². The van der Waals surface area contributed by atoms with Crippen LogP contribution >= 0.6 is 0 Å². The van der Waals surface area contributed by atoms with E-state index < -0.39 is 29.7 Å². The molecule has 0 bridgehead atoms. The Balaban J connectivity index is 1.28. The minimum atomic E-state index is -0.807.